The number of likely N-dealkylation sites (tertiary alicyclic amines) is 1. The number of carbonyl (C=O) groups excluding carboxylic acids is 3. The van der Waals surface area contributed by atoms with Gasteiger partial charge in [0.05, 0.1) is 12.5 Å². The number of nitrogens with zero attached hydrogens (tertiary/aromatic N) is 2. The zero-order valence-electron chi connectivity index (χ0n) is 20.1. The summed E-state index contributed by atoms with van der Waals surface area (Å²) in [6.07, 6.45) is 1.14. The molecule has 14 nitrogen and oxygen atoms in total. The molecule has 0 aromatic heterocycles. The monoisotopic (exact) mass is 499 g/mol. The summed E-state index contributed by atoms with van der Waals surface area (Å²) in [4.78, 5) is 66.5. The third-order valence-corrected chi connectivity index (χ3v) is 5.91. The van der Waals surface area contributed by atoms with Crippen LogP contribution >= 0.6 is 0 Å². The normalized spacial score (nSPS) is 18.6. The summed E-state index contributed by atoms with van der Waals surface area (Å²) in [7, 11) is 0. The van der Waals surface area contributed by atoms with Crippen LogP contribution < -0.4 is 27.8 Å². The highest BCUT2D eigenvalue weighted by molar-refractivity contribution is 5.95. The van der Waals surface area contributed by atoms with Gasteiger partial charge in [-0.25, -0.2) is 4.79 Å². The van der Waals surface area contributed by atoms with Crippen molar-refractivity contribution in [2.75, 3.05) is 13.1 Å². The Balaban J connectivity index is 2.94. The topological polar surface area (TPSA) is 244 Å². The Morgan fingerprint density at radius 3 is 2.31 bits per heavy atom. The van der Waals surface area contributed by atoms with Crippen LogP contribution in [0.4, 0.5) is 0 Å². The molecule has 0 saturated carbocycles. The number of amides is 3. The summed E-state index contributed by atoms with van der Waals surface area (Å²) in [6.45, 7) is 4.00. The average molecular weight is 500 g/mol. The van der Waals surface area contributed by atoms with Gasteiger partial charge in [0, 0.05) is 13.1 Å². The third kappa shape index (κ3) is 9.39. The number of hydrogen-bond acceptors (Lipinski definition) is 7. The fraction of sp³-hybridized carbons (Fsp3) is 0.714. The Morgan fingerprint density at radius 2 is 1.77 bits per heavy atom. The number of carboxylic acid groups (broad SMARTS) is 2. The van der Waals surface area contributed by atoms with Crippen molar-refractivity contribution in [3.8, 4) is 0 Å². The summed E-state index contributed by atoms with van der Waals surface area (Å²) in [5.74, 6) is -5.13. The van der Waals surface area contributed by atoms with E-state index in [4.69, 9.17) is 17.2 Å². The number of nitrogens with one attached hydrogen (secondary N) is 2. The molecule has 0 aromatic carbocycles. The maximum absolute atomic E-state index is 13.2. The van der Waals surface area contributed by atoms with Crippen molar-refractivity contribution in [2.45, 2.75) is 76.5 Å². The van der Waals surface area contributed by atoms with Crippen molar-refractivity contribution in [1.82, 2.24) is 15.5 Å². The minimum atomic E-state index is -1.49. The van der Waals surface area contributed by atoms with Crippen molar-refractivity contribution < 1.29 is 34.2 Å². The standard InChI is InChI=1S/C21H37N7O7/c1-3-11(2)16(19(33)28-9-5-7-14(28)20(34)35)27-18(32)13(10-15(29)30)26-17(31)12(22)6-4-8-25-21(23)24/h11-14,16H,3-10,22H2,1-2H3,(H,26,31)(H,27,32)(H,29,30)(H,34,35)(H4,23,24,25). The Kier molecular flexibility index (Phi) is 11.9. The average Bonchev–Trinajstić information content (AvgIpc) is 3.28. The molecule has 0 radical (unpaired) electrons. The molecule has 1 aliphatic heterocycles. The molecule has 198 valence electrons. The van der Waals surface area contributed by atoms with Crippen LogP contribution in [0.3, 0.4) is 0 Å². The number of rotatable bonds is 14. The quantitative estimate of drug-likeness (QED) is 0.0781. The molecule has 5 unspecified atom stereocenters. The second-order valence-corrected chi connectivity index (χ2v) is 8.61. The highest BCUT2D eigenvalue weighted by atomic mass is 16.4. The molecule has 1 heterocycles. The molecule has 5 atom stereocenters. The maximum Gasteiger partial charge on any atom is 0.326 e. The van der Waals surface area contributed by atoms with Crippen molar-refractivity contribution in [3.05, 3.63) is 0 Å². The molecule has 0 aromatic rings. The number of aliphatic carboxylic acids is 2. The lowest BCUT2D eigenvalue weighted by Gasteiger charge is -2.31. The van der Waals surface area contributed by atoms with Gasteiger partial charge in [-0.2, -0.15) is 0 Å². The van der Waals surface area contributed by atoms with Crippen LogP contribution in [0.1, 0.15) is 52.4 Å². The van der Waals surface area contributed by atoms with Crippen molar-refractivity contribution in [3.63, 3.8) is 0 Å². The van der Waals surface area contributed by atoms with Crippen molar-refractivity contribution in [2.24, 2.45) is 28.1 Å². The van der Waals surface area contributed by atoms with E-state index in [-0.39, 0.29) is 31.4 Å². The van der Waals surface area contributed by atoms with Crippen molar-refractivity contribution >= 4 is 35.6 Å². The molecule has 3 amide bonds. The van der Waals surface area contributed by atoms with E-state index in [1.807, 2.05) is 0 Å². The summed E-state index contributed by atoms with van der Waals surface area (Å²) in [6, 6.07) is -4.61. The highest BCUT2D eigenvalue weighted by Crippen LogP contribution is 2.21. The first kappa shape index (κ1) is 29.6. The molecule has 0 spiro atoms. The summed E-state index contributed by atoms with van der Waals surface area (Å²) >= 11 is 0. The number of aliphatic imine (C=N–C) groups is 1. The third-order valence-electron chi connectivity index (χ3n) is 5.91. The van der Waals surface area contributed by atoms with Crippen LogP contribution in [0.2, 0.25) is 0 Å². The van der Waals surface area contributed by atoms with E-state index in [2.05, 4.69) is 15.6 Å². The number of carboxylic acids is 2. The van der Waals surface area contributed by atoms with E-state index >= 15 is 0 Å². The molecule has 0 bridgehead atoms. The predicted octanol–water partition coefficient (Wildman–Crippen LogP) is -2.07. The molecule has 0 aliphatic carbocycles. The zero-order chi connectivity index (χ0) is 26.7. The van der Waals surface area contributed by atoms with E-state index in [0.29, 0.717) is 25.7 Å². The van der Waals surface area contributed by atoms with Crippen LogP contribution in [0.5, 0.6) is 0 Å². The highest BCUT2D eigenvalue weighted by Gasteiger charge is 2.40. The minimum absolute atomic E-state index is 0.102. The van der Waals surface area contributed by atoms with Gasteiger partial charge >= 0.3 is 11.9 Å². The van der Waals surface area contributed by atoms with E-state index in [9.17, 15) is 34.2 Å². The summed E-state index contributed by atoms with van der Waals surface area (Å²) in [5.41, 5.74) is 16.3. The Hall–Kier alpha value is -3.42. The minimum Gasteiger partial charge on any atom is -0.481 e. The van der Waals surface area contributed by atoms with Gasteiger partial charge in [-0.05, 0) is 31.6 Å². The molecule has 1 saturated heterocycles. The molecule has 10 N–H and O–H groups in total. The van der Waals surface area contributed by atoms with E-state index in [1.54, 1.807) is 13.8 Å². The van der Waals surface area contributed by atoms with Gasteiger partial charge in [0.2, 0.25) is 17.7 Å². The fourth-order valence-corrected chi connectivity index (χ4v) is 3.72. The maximum atomic E-state index is 13.2. The Morgan fingerprint density at radius 1 is 1.11 bits per heavy atom. The number of hydrogen-bond donors (Lipinski definition) is 7. The van der Waals surface area contributed by atoms with Crippen LogP contribution in [0, 0.1) is 5.92 Å². The Labute approximate surface area is 203 Å². The lowest BCUT2D eigenvalue weighted by atomic mass is 9.96. The van der Waals surface area contributed by atoms with E-state index in [1.165, 1.54) is 4.90 Å². The van der Waals surface area contributed by atoms with Crippen LogP contribution in [-0.4, -0.2) is 88.0 Å². The van der Waals surface area contributed by atoms with Crippen molar-refractivity contribution in [1.29, 1.82) is 0 Å². The Bertz CT molecular complexity index is 816. The molecule has 1 fully saturated rings. The van der Waals surface area contributed by atoms with Gasteiger partial charge in [-0.1, -0.05) is 20.3 Å². The molecule has 14 heteroatoms. The van der Waals surface area contributed by atoms with Gasteiger partial charge in [0.25, 0.3) is 0 Å². The van der Waals surface area contributed by atoms with Crippen LogP contribution in [0.25, 0.3) is 0 Å². The summed E-state index contributed by atoms with van der Waals surface area (Å²) in [5, 5.41) is 23.5. The number of nitrogens with two attached hydrogens (primary N) is 3. The first-order chi connectivity index (χ1) is 16.4. The fourth-order valence-electron chi connectivity index (χ4n) is 3.72. The second kappa shape index (κ2) is 14.1. The molecule has 1 rings (SSSR count). The first-order valence-corrected chi connectivity index (χ1v) is 11.6. The lowest BCUT2D eigenvalue weighted by molar-refractivity contribution is -0.150. The molecular formula is C21H37N7O7. The van der Waals surface area contributed by atoms with Gasteiger partial charge in [-0.15, -0.1) is 0 Å². The van der Waals surface area contributed by atoms with Crippen LogP contribution in [-0.2, 0) is 24.0 Å². The van der Waals surface area contributed by atoms with Gasteiger partial charge < -0.3 is 42.9 Å². The predicted molar refractivity (Wildman–Crippen MR) is 126 cm³/mol. The van der Waals surface area contributed by atoms with E-state index in [0.717, 1.165) is 0 Å². The zero-order valence-corrected chi connectivity index (χ0v) is 20.1. The lowest BCUT2D eigenvalue weighted by Crippen LogP contribution is -2.59. The van der Waals surface area contributed by atoms with Gasteiger partial charge in [0.1, 0.15) is 18.1 Å². The molecule has 35 heavy (non-hydrogen) atoms. The second-order valence-electron chi connectivity index (χ2n) is 8.61. The SMILES string of the molecule is CCC(C)C(NC(=O)C(CC(=O)O)NC(=O)C(N)CCCN=C(N)N)C(=O)N1CCCC1C(=O)O. The van der Waals surface area contributed by atoms with Gasteiger partial charge in [0.15, 0.2) is 5.96 Å². The summed E-state index contributed by atoms with van der Waals surface area (Å²) < 4.78 is 0. The largest absolute Gasteiger partial charge is 0.481 e. The van der Waals surface area contributed by atoms with Gasteiger partial charge in [-0.3, -0.25) is 24.2 Å². The molecular weight excluding hydrogens is 462 g/mol. The number of guanidine groups is 1. The molecule has 1 aliphatic rings. The first-order valence-electron chi connectivity index (χ1n) is 11.6. The smallest absolute Gasteiger partial charge is 0.326 e. The van der Waals surface area contributed by atoms with Crippen LogP contribution in [0.15, 0.2) is 4.99 Å². The van der Waals surface area contributed by atoms with E-state index < -0.39 is 60.2 Å². The number of carbonyl (C=O) groups is 5.